The molecule has 0 saturated carbocycles. The van der Waals surface area contributed by atoms with Gasteiger partial charge in [0, 0.05) is 6.54 Å². The van der Waals surface area contributed by atoms with Crippen LogP contribution < -0.4 is 10.6 Å². The molecule has 0 aliphatic carbocycles. The van der Waals surface area contributed by atoms with Crippen molar-refractivity contribution in [2.75, 3.05) is 25.0 Å². The van der Waals surface area contributed by atoms with Crippen molar-refractivity contribution in [3.8, 4) is 0 Å². The Bertz CT molecular complexity index is 836. The summed E-state index contributed by atoms with van der Waals surface area (Å²) >= 11 is 5.99. The Hall–Kier alpha value is -2.09. The zero-order valence-corrected chi connectivity index (χ0v) is 15.3. The van der Waals surface area contributed by atoms with Crippen LogP contribution in [0.4, 0.5) is 5.69 Å². The number of benzene rings is 2. The van der Waals surface area contributed by atoms with Crippen LogP contribution in [0, 0.1) is 6.92 Å². The van der Waals surface area contributed by atoms with E-state index in [0.717, 1.165) is 35.2 Å². The van der Waals surface area contributed by atoms with E-state index in [1.54, 1.807) is 12.1 Å². The Balaban J connectivity index is 0.000000186. The molecule has 0 radical (unpaired) electrons. The highest BCUT2D eigenvalue weighted by Gasteiger charge is 2.07. The quantitative estimate of drug-likeness (QED) is 0.708. The van der Waals surface area contributed by atoms with Crippen LogP contribution in [-0.4, -0.2) is 38.4 Å². The highest BCUT2D eigenvalue weighted by atomic mass is 35.5. The van der Waals surface area contributed by atoms with Crippen LogP contribution in [0.3, 0.4) is 0 Å². The maximum absolute atomic E-state index is 10.5. The molecule has 0 aromatic heterocycles. The number of para-hydroxylation sites is 1. The van der Waals surface area contributed by atoms with Gasteiger partial charge in [-0.3, -0.25) is 9.55 Å². The standard InChI is InChI=1S/C10H12ClN3.C7H8O3S/c11-8-3-1-2-4-9(8)14-7-10-12-5-6-13-10;1-6-2-4-7(5-3-6)11(8,9)10/h1-4,14H,5-7H2,(H,12,13);2-5H,1H3,(H,8,9,10). The Morgan fingerprint density at radius 2 is 1.88 bits per heavy atom. The second-order valence-electron chi connectivity index (χ2n) is 5.38. The van der Waals surface area contributed by atoms with Gasteiger partial charge in [0.25, 0.3) is 10.1 Å². The lowest BCUT2D eigenvalue weighted by molar-refractivity contribution is 0.483. The van der Waals surface area contributed by atoms with Gasteiger partial charge in [0.1, 0.15) is 5.84 Å². The molecule has 0 amide bonds. The van der Waals surface area contributed by atoms with E-state index in [1.807, 2.05) is 31.2 Å². The van der Waals surface area contributed by atoms with Crippen LogP contribution in [0.2, 0.25) is 5.02 Å². The average Bonchev–Trinajstić information content (AvgIpc) is 3.08. The molecule has 0 atom stereocenters. The third kappa shape index (κ3) is 6.38. The van der Waals surface area contributed by atoms with Crippen molar-refractivity contribution in [3.63, 3.8) is 0 Å². The number of hydrogen-bond acceptors (Lipinski definition) is 5. The summed E-state index contributed by atoms with van der Waals surface area (Å²) < 4.78 is 29.6. The molecule has 0 fully saturated rings. The number of amidine groups is 1. The SMILES string of the molecule is Cc1ccc(S(=O)(=O)O)cc1.Clc1ccccc1NCC1=NCCN1. The molecule has 0 spiro atoms. The molecule has 25 heavy (non-hydrogen) atoms. The smallest absolute Gasteiger partial charge is 0.294 e. The van der Waals surface area contributed by atoms with Gasteiger partial charge in [0.15, 0.2) is 0 Å². The number of aryl methyl sites for hydroxylation is 1. The summed E-state index contributed by atoms with van der Waals surface area (Å²) in [4.78, 5) is 4.21. The molecule has 1 aliphatic heterocycles. The summed E-state index contributed by atoms with van der Waals surface area (Å²) in [7, 11) is -4.02. The number of halogens is 1. The van der Waals surface area contributed by atoms with Gasteiger partial charge in [-0.05, 0) is 31.2 Å². The first-order chi connectivity index (χ1) is 11.9. The Morgan fingerprint density at radius 1 is 1.20 bits per heavy atom. The molecule has 3 rings (SSSR count). The van der Waals surface area contributed by atoms with Crippen molar-refractivity contribution in [2.24, 2.45) is 4.99 Å². The Kier molecular flexibility index (Phi) is 6.81. The summed E-state index contributed by atoms with van der Waals surface area (Å²) in [6, 6.07) is 13.7. The van der Waals surface area contributed by atoms with Crippen LogP contribution in [0.15, 0.2) is 58.4 Å². The molecular formula is C17H20ClN3O3S. The summed E-state index contributed by atoms with van der Waals surface area (Å²) in [5.74, 6) is 1.00. The Labute approximate surface area is 152 Å². The van der Waals surface area contributed by atoms with Gasteiger partial charge in [-0.25, -0.2) is 0 Å². The predicted octanol–water partition coefficient (Wildman–Crippen LogP) is 3.00. The summed E-state index contributed by atoms with van der Waals surface area (Å²) in [5, 5.41) is 7.16. The first-order valence-electron chi connectivity index (χ1n) is 7.66. The summed E-state index contributed by atoms with van der Waals surface area (Å²) in [6.45, 7) is 4.37. The molecule has 0 bridgehead atoms. The number of nitrogens with zero attached hydrogens (tertiary/aromatic N) is 1. The maximum Gasteiger partial charge on any atom is 0.294 e. The molecule has 134 valence electrons. The number of nitrogens with one attached hydrogen (secondary N) is 2. The van der Waals surface area contributed by atoms with Crippen LogP contribution in [-0.2, 0) is 10.1 Å². The van der Waals surface area contributed by atoms with E-state index in [9.17, 15) is 8.42 Å². The van der Waals surface area contributed by atoms with E-state index in [1.165, 1.54) is 12.1 Å². The number of aliphatic imine (C=N–C) groups is 1. The van der Waals surface area contributed by atoms with Crippen molar-refractivity contribution in [1.82, 2.24) is 5.32 Å². The maximum atomic E-state index is 10.5. The topological polar surface area (TPSA) is 90.8 Å². The fourth-order valence-electron chi connectivity index (χ4n) is 2.06. The summed E-state index contributed by atoms with van der Waals surface area (Å²) in [6.07, 6.45) is 0. The van der Waals surface area contributed by atoms with E-state index in [2.05, 4.69) is 15.6 Å². The first-order valence-corrected chi connectivity index (χ1v) is 9.48. The monoisotopic (exact) mass is 381 g/mol. The minimum atomic E-state index is -4.02. The minimum absolute atomic E-state index is 0.0666. The molecular weight excluding hydrogens is 362 g/mol. The van der Waals surface area contributed by atoms with Gasteiger partial charge in [-0.15, -0.1) is 0 Å². The minimum Gasteiger partial charge on any atom is -0.377 e. The van der Waals surface area contributed by atoms with E-state index >= 15 is 0 Å². The number of rotatable bonds is 4. The van der Waals surface area contributed by atoms with Crippen LogP contribution in [0.1, 0.15) is 5.56 Å². The Morgan fingerprint density at radius 3 is 2.44 bits per heavy atom. The van der Waals surface area contributed by atoms with Crippen molar-refractivity contribution in [2.45, 2.75) is 11.8 Å². The predicted molar refractivity (Wildman–Crippen MR) is 101 cm³/mol. The fourth-order valence-corrected chi connectivity index (χ4v) is 2.74. The lowest BCUT2D eigenvalue weighted by Gasteiger charge is -2.07. The molecule has 6 nitrogen and oxygen atoms in total. The summed E-state index contributed by atoms with van der Waals surface area (Å²) in [5.41, 5.74) is 1.91. The van der Waals surface area contributed by atoms with Gasteiger partial charge in [0.2, 0.25) is 0 Å². The normalized spacial score (nSPS) is 13.3. The molecule has 8 heteroatoms. The van der Waals surface area contributed by atoms with Gasteiger partial charge >= 0.3 is 0 Å². The van der Waals surface area contributed by atoms with Crippen molar-refractivity contribution in [1.29, 1.82) is 0 Å². The van der Waals surface area contributed by atoms with Crippen molar-refractivity contribution in [3.05, 3.63) is 59.1 Å². The number of anilines is 1. The van der Waals surface area contributed by atoms with Crippen LogP contribution >= 0.6 is 11.6 Å². The molecule has 1 aliphatic rings. The molecule has 0 unspecified atom stereocenters. The fraction of sp³-hybridized carbons (Fsp3) is 0.235. The molecule has 2 aromatic rings. The zero-order chi connectivity index (χ0) is 18.3. The molecule has 3 N–H and O–H groups in total. The van der Waals surface area contributed by atoms with Gasteiger partial charge in [-0.2, -0.15) is 8.42 Å². The largest absolute Gasteiger partial charge is 0.377 e. The second kappa shape index (κ2) is 8.84. The molecule has 2 aromatic carbocycles. The van der Waals surface area contributed by atoms with E-state index < -0.39 is 10.1 Å². The lowest BCUT2D eigenvalue weighted by Crippen LogP contribution is -2.26. The molecule has 1 heterocycles. The van der Waals surface area contributed by atoms with Crippen molar-refractivity contribution >= 4 is 33.2 Å². The third-order valence-electron chi connectivity index (χ3n) is 3.38. The average molecular weight is 382 g/mol. The zero-order valence-electron chi connectivity index (χ0n) is 13.7. The third-order valence-corrected chi connectivity index (χ3v) is 4.58. The van der Waals surface area contributed by atoms with E-state index in [0.29, 0.717) is 6.54 Å². The van der Waals surface area contributed by atoms with Gasteiger partial charge < -0.3 is 10.6 Å². The van der Waals surface area contributed by atoms with Gasteiger partial charge in [-0.1, -0.05) is 41.4 Å². The highest BCUT2D eigenvalue weighted by Crippen LogP contribution is 2.19. The van der Waals surface area contributed by atoms with E-state index in [4.69, 9.17) is 16.2 Å². The lowest BCUT2D eigenvalue weighted by atomic mass is 10.2. The highest BCUT2D eigenvalue weighted by molar-refractivity contribution is 7.85. The first kappa shape index (κ1) is 19.2. The molecule has 0 saturated heterocycles. The van der Waals surface area contributed by atoms with Crippen LogP contribution in [0.25, 0.3) is 0 Å². The van der Waals surface area contributed by atoms with Crippen LogP contribution in [0.5, 0.6) is 0 Å². The van der Waals surface area contributed by atoms with Crippen molar-refractivity contribution < 1.29 is 13.0 Å². The number of hydrogen-bond donors (Lipinski definition) is 3. The van der Waals surface area contributed by atoms with E-state index in [-0.39, 0.29) is 4.90 Å². The second-order valence-corrected chi connectivity index (χ2v) is 7.21. The van der Waals surface area contributed by atoms with Gasteiger partial charge in [0.05, 0.1) is 28.7 Å².